The summed E-state index contributed by atoms with van der Waals surface area (Å²) in [5.41, 5.74) is 0.183. The van der Waals surface area contributed by atoms with Gasteiger partial charge in [0, 0.05) is 12.6 Å². The van der Waals surface area contributed by atoms with E-state index in [2.05, 4.69) is 11.9 Å². The molecule has 122 valence electrons. The highest BCUT2D eigenvalue weighted by atomic mass is 32.1. The Morgan fingerprint density at radius 1 is 1.33 bits per heavy atom. The monoisotopic (exact) mass is 343 g/mol. The Balaban J connectivity index is 2.29. The first kappa shape index (κ1) is 17.2. The van der Waals surface area contributed by atoms with Crippen molar-refractivity contribution in [1.82, 2.24) is 10.2 Å². The van der Waals surface area contributed by atoms with Crippen molar-refractivity contribution in [3.05, 3.63) is 70.3 Å². The van der Waals surface area contributed by atoms with Crippen LogP contribution in [0.4, 0.5) is 5.69 Å². The second-order valence-corrected chi connectivity index (χ2v) is 5.11. The molecule has 0 atom stereocenters. The Kier molecular flexibility index (Phi) is 5.33. The van der Waals surface area contributed by atoms with Gasteiger partial charge in [-0.1, -0.05) is 24.3 Å². The molecule has 1 heterocycles. The van der Waals surface area contributed by atoms with Crippen LogP contribution in [0.5, 0.6) is 0 Å². The largest absolute Gasteiger partial charge is 0.298 e. The average Bonchev–Trinajstić information content (AvgIpc) is 2.54. The van der Waals surface area contributed by atoms with Gasteiger partial charge < -0.3 is 0 Å². The lowest BCUT2D eigenvalue weighted by Gasteiger charge is -2.27. The Labute approximate surface area is 143 Å². The first-order valence-corrected chi connectivity index (χ1v) is 7.26. The molecule has 0 aliphatic carbocycles. The van der Waals surface area contributed by atoms with E-state index in [0.717, 1.165) is 0 Å². The molecule has 8 heteroatoms. The maximum absolute atomic E-state index is 12.3. The topological polar surface area (TPSA) is 92.6 Å². The summed E-state index contributed by atoms with van der Waals surface area (Å²) in [5.74, 6) is -1.16. The van der Waals surface area contributed by atoms with E-state index in [4.69, 9.17) is 12.2 Å². The summed E-state index contributed by atoms with van der Waals surface area (Å²) >= 11 is 4.94. The number of amides is 2. The standard InChI is InChI=1S/C16H13N3O4S/c1-2-10-18-15(21)12(14(20)17-16(18)24)8-5-7-11-6-3-4-9-13(11)19(22)23/h2-9H,1,10H2,(H,17,20,24)/b7-5-,12-8-. The zero-order valence-electron chi connectivity index (χ0n) is 12.5. The maximum Gasteiger partial charge on any atom is 0.276 e. The van der Waals surface area contributed by atoms with Crippen LogP contribution in [-0.2, 0) is 9.59 Å². The molecule has 1 aliphatic heterocycles. The van der Waals surface area contributed by atoms with Gasteiger partial charge in [0.25, 0.3) is 17.5 Å². The number of allylic oxidation sites excluding steroid dienone is 2. The van der Waals surface area contributed by atoms with E-state index in [1.165, 1.54) is 35.3 Å². The van der Waals surface area contributed by atoms with Gasteiger partial charge in [-0.15, -0.1) is 6.58 Å². The Hall–Kier alpha value is -3.13. The fourth-order valence-electron chi connectivity index (χ4n) is 2.05. The van der Waals surface area contributed by atoms with Gasteiger partial charge in [0.15, 0.2) is 5.11 Å². The average molecular weight is 343 g/mol. The van der Waals surface area contributed by atoms with Crippen molar-refractivity contribution in [2.75, 3.05) is 6.54 Å². The number of nitro groups is 1. The zero-order chi connectivity index (χ0) is 17.7. The van der Waals surface area contributed by atoms with Crippen LogP contribution in [0.25, 0.3) is 6.08 Å². The van der Waals surface area contributed by atoms with E-state index in [1.807, 2.05) is 0 Å². The van der Waals surface area contributed by atoms with Gasteiger partial charge in [-0.3, -0.25) is 29.9 Å². The summed E-state index contributed by atoms with van der Waals surface area (Å²) in [7, 11) is 0. The number of hydrogen-bond donors (Lipinski definition) is 1. The summed E-state index contributed by atoms with van der Waals surface area (Å²) < 4.78 is 0. The molecule has 0 radical (unpaired) electrons. The fraction of sp³-hybridized carbons (Fsp3) is 0.0625. The van der Waals surface area contributed by atoms with Crippen molar-refractivity contribution < 1.29 is 14.5 Å². The van der Waals surface area contributed by atoms with Gasteiger partial charge in [-0.25, -0.2) is 0 Å². The van der Waals surface area contributed by atoms with Gasteiger partial charge in [-0.2, -0.15) is 0 Å². The molecule has 0 unspecified atom stereocenters. The Morgan fingerprint density at radius 2 is 2.04 bits per heavy atom. The lowest BCUT2D eigenvalue weighted by molar-refractivity contribution is -0.385. The van der Waals surface area contributed by atoms with Crippen LogP contribution in [0.3, 0.4) is 0 Å². The van der Waals surface area contributed by atoms with Gasteiger partial charge in [-0.05, 0) is 30.4 Å². The number of carbonyl (C=O) groups excluding carboxylic acids is 2. The third-order valence-electron chi connectivity index (χ3n) is 3.17. The number of carbonyl (C=O) groups is 2. The van der Waals surface area contributed by atoms with Crippen molar-refractivity contribution in [3.8, 4) is 0 Å². The van der Waals surface area contributed by atoms with Crippen molar-refractivity contribution in [3.63, 3.8) is 0 Å². The first-order chi connectivity index (χ1) is 11.5. The van der Waals surface area contributed by atoms with E-state index < -0.39 is 16.7 Å². The molecular formula is C16H13N3O4S. The molecule has 1 aromatic rings. The summed E-state index contributed by atoms with van der Waals surface area (Å²) in [5, 5.41) is 13.4. The smallest absolute Gasteiger partial charge is 0.276 e. The molecule has 1 aliphatic rings. The number of para-hydroxylation sites is 1. The first-order valence-electron chi connectivity index (χ1n) is 6.85. The lowest BCUT2D eigenvalue weighted by atomic mass is 10.1. The van der Waals surface area contributed by atoms with E-state index >= 15 is 0 Å². The number of rotatable bonds is 5. The predicted octanol–water partition coefficient (Wildman–Crippen LogP) is 1.96. The minimum Gasteiger partial charge on any atom is -0.298 e. The lowest BCUT2D eigenvalue weighted by Crippen LogP contribution is -2.53. The van der Waals surface area contributed by atoms with Crippen molar-refractivity contribution in [2.24, 2.45) is 0 Å². The number of hydrogen-bond acceptors (Lipinski definition) is 5. The highest BCUT2D eigenvalue weighted by Crippen LogP contribution is 2.19. The van der Waals surface area contributed by atoms with Crippen LogP contribution < -0.4 is 5.32 Å². The fourth-order valence-corrected chi connectivity index (χ4v) is 2.30. The summed E-state index contributed by atoms with van der Waals surface area (Å²) in [6.45, 7) is 3.70. The highest BCUT2D eigenvalue weighted by molar-refractivity contribution is 7.80. The van der Waals surface area contributed by atoms with Crippen LogP contribution in [0, 0.1) is 10.1 Å². The number of benzene rings is 1. The summed E-state index contributed by atoms with van der Waals surface area (Å²) in [4.78, 5) is 35.8. The molecule has 2 rings (SSSR count). The molecule has 24 heavy (non-hydrogen) atoms. The minimum absolute atomic E-state index is 0.0183. The van der Waals surface area contributed by atoms with Crippen molar-refractivity contribution in [2.45, 2.75) is 0 Å². The molecule has 1 aromatic carbocycles. The van der Waals surface area contributed by atoms with Crippen LogP contribution in [0.1, 0.15) is 5.56 Å². The second kappa shape index (κ2) is 7.42. The number of nitrogens with zero attached hydrogens (tertiary/aromatic N) is 2. The van der Waals surface area contributed by atoms with Gasteiger partial charge in [0.2, 0.25) is 0 Å². The molecule has 0 saturated carbocycles. The van der Waals surface area contributed by atoms with Gasteiger partial charge in [0.1, 0.15) is 5.57 Å². The molecular weight excluding hydrogens is 330 g/mol. The van der Waals surface area contributed by atoms with Crippen molar-refractivity contribution >= 4 is 40.9 Å². The Morgan fingerprint density at radius 3 is 2.71 bits per heavy atom. The van der Waals surface area contributed by atoms with E-state index in [9.17, 15) is 19.7 Å². The normalized spacial score (nSPS) is 16.6. The Bertz CT molecular complexity index is 798. The predicted molar refractivity (Wildman–Crippen MR) is 92.9 cm³/mol. The minimum atomic E-state index is -0.613. The maximum atomic E-state index is 12.3. The summed E-state index contributed by atoms with van der Waals surface area (Å²) in [6.07, 6.45) is 5.65. The molecule has 1 N–H and O–H groups in total. The van der Waals surface area contributed by atoms with Crippen LogP contribution in [-0.4, -0.2) is 33.3 Å². The van der Waals surface area contributed by atoms with Crippen molar-refractivity contribution in [1.29, 1.82) is 0 Å². The van der Waals surface area contributed by atoms with Crippen LogP contribution >= 0.6 is 12.2 Å². The summed E-state index contributed by atoms with van der Waals surface area (Å²) in [6, 6.07) is 6.15. The van der Waals surface area contributed by atoms with Crippen LogP contribution in [0.15, 0.2) is 54.6 Å². The molecule has 0 aromatic heterocycles. The van der Waals surface area contributed by atoms with E-state index in [-0.39, 0.29) is 22.9 Å². The SMILES string of the molecule is C=CCN1C(=O)/C(=C\C=C/c2ccccc2[N+](=O)[O-])C(=O)NC1=S. The quantitative estimate of drug-likeness (QED) is 0.220. The zero-order valence-corrected chi connectivity index (χ0v) is 13.3. The number of thiocarbonyl (C=S) groups is 1. The number of nitrogens with one attached hydrogen (secondary N) is 1. The third-order valence-corrected chi connectivity index (χ3v) is 3.49. The molecule has 1 saturated heterocycles. The molecule has 0 bridgehead atoms. The number of nitro benzene ring substituents is 1. The second-order valence-electron chi connectivity index (χ2n) is 4.72. The van der Waals surface area contributed by atoms with E-state index in [1.54, 1.807) is 18.2 Å². The van der Waals surface area contributed by atoms with E-state index in [0.29, 0.717) is 5.56 Å². The molecule has 1 fully saturated rings. The molecule has 0 spiro atoms. The van der Waals surface area contributed by atoms with Gasteiger partial charge >= 0.3 is 0 Å². The van der Waals surface area contributed by atoms with Gasteiger partial charge in [0.05, 0.1) is 10.5 Å². The third kappa shape index (κ3) is 3.61. The molecule has 2 amide bonds. The van der Waals surface area contributed by atoms with Crippen LogP contribution in [0.2, 0.25) is 0 Å². The highest BCUT2D eigenvalue weighted by Gasteiger charge is 2.32. The molecule has 7 nitrogen and oxygen atoms in total.